The molecule has 1 aliphatic carbocycles. The number of hydrogen-bond acceptors (Lipinski definition) is 5. The summed E-state index contributed by atoms with van der Waals surface area (Å²) in [6.07, 6.45) is 4.35. The number of carbonyl (C=O) groups is 1. The summed E-state index contributed by atoms with van der Waals surface area (Å²) in [5.41, 5.74) is 2.92. The molecule has 3 unspecified atom stereocenters. The fourth-order valence-corrected chi connectivity index (χ4v) is 5.60. The molecular formula is C23H24F2N6O. The SMILES string of the molecule is Cc1cc(C(=O)N2C3CCC(c4cc(C(F)F)nc5ncnn45)C2CC3)cc(C2CC2)n1. The van der Waals surface area contributed by atoms with E-state index < -0.39 is 6.43 Å². The maximum atomic E-state index is 13.7. The van der Waals surface area contributed by atoms with Gasteiger partial charge in [0, 0.05) is 40.9 Å². The van der Waals surface area contributed by atoms with Gasteiger partial charge >= 0.3 is 0 Å². The number of piperidine rings is 1. The van der Waals surface area contributed by atoms with Gasteiger partial charge in [0.2, 0.25) is 0 Å². The highest BCUT2D eigenvalue weighted by atomic mass is 19.3. The van der Waals surface area contributed by atoms with Crippen LogP contribution in [-0.2, 0) is 0 Å². The van der Waals surface area contributed by atoms with Crippen LogP contribution in [0.15, 0.2) is 24.5 Å². The first kappa shape index (κ1) is 19.7. The molecule has 0 spiro atoms. The average Bonchev–Trinajstić information content (AvgIpc) is 3.45. The summed E-state index contributed by atoms with van der Waals surface area (Å²) in [6.45, 7) is 1.93. The molecule has 3 aromatic rings. The Morgan fingerprint density at radius 3 is 2.66 bits per heavy atom. The maximum absolute atomic E-state index is 13.7. The van der Waals surface area contributed by atoms with Crippen molar-refractivity contribution in [2.45, 2.75) is 75.8 Å². The summed E-state index contributed by atoms with van der Waals surface area (Å²) in [7, 11) is 0. The molecule has 166 valence electrons. The van der Waals surface area contributed by atoms with E-state index in [2.05, 4.69) is 20.1 Å². The lowest BCUT2D eigenvalue weighted by Gasteiger charge is -2.40. The quantitative estimate of drug-likeness (QED) is 0.610. The van der Waals surface area contributed by atoms with Crippen LogP contribution in [0.25, 0.3) is 5.78 Å². The Bertz CT molecular complexity index is 1210. The van der Waals surface area contributed by atoms with Crippen LogP contribution in [0.5, 0.6) is 0 Å². The summed E-state index contributed by atoms with van der Waals surface area (Å²) in [5, 5.41) is 4.24. The molecule has 3 atom stereocenters. The summed E-state index contributed by atoms with van der Waals surface area (Å²) >= 11 is 0. The number of alkyl halides is 2. The molecule has 6 rings (SSSR count). The lowest BCUT2D eigenvalue weighted by Crippen LogP contribution is -2.47. The molecule has 0 N–H and O–H groups in total. The number of carbonyl (C=O) groups excluding carboxylic acids is 1. The molecule has 0 aromatic carbocycles. The molecule has 7 nitrogen and oxygen atoms in total. The van der Waals surface area contributed by atoms with Crippen molar-refractivity contribution in [1.29, 1.82) is 0 Å². The molecule has 1 saturated carbocycles. The van der Waals surface area contributed by atoms with Gasteiger partial charge in [0.15, 0.2) is 0 Å². The van der Waals surface area contributed by atoms with Gasteiger partial charge in [-0.05, 0) is 63.6 Å². The van der Waals surface area contributed by atoms with Crippen molar-refractivity contribution in [2.24, 2.45) is 0 Å². The van der Waals surface area contributed by atoms with Crippen LogP contribution in [-0.4, -0.2) is 47.5 Å². The van der Waals surface area contributed by atoms with Gasteiger partial charge < -0.3 is 4.90 Å². The second-order valence-electron chi connectivity index (χ2n) is 9.27. The molecule has 9 heteroatoms. The highest BCUT2D eigenvalue weighted by Gasteiger charge is 2.46. The van der Waals surface area contributed by atoms with Crippen LogP contribution in [0.1, 0.15) is 89.9 Å². The number of rotatable bonds is 4. The largest absolute Gasteiger partial charge is 0.332 e. The first-order valence-corrected chi connectivity index (χ1v) is 11.3. The third-order valence-electron chi connectivity index (χ3n) is 7.17. The Labute approximate surface area is 183 Å². The van der Waals surface area contributed by atoms with Crippen molar-refractivity contribution in [2.75, 3.05) is 0 Å². The third-order valence-corrected chi connectivity index (χ3v) is 7.17. The summed E-state index contributed by atoms with van der Waals surface area (Å²) in [6, 6.07) is 5.39. The highest BCUT2D eigenvalue weighted by Crippen LogP contribution is 2.45. The standard InChI is InChI=1S/C23H24F2N6O/c1-12-8-14(9-17(28-12)13-2-3-13)22(32)30-15-4-6-16(19(30)7-5-15)20-10-18(21(24)25)29-23-26-11-27-31(20)23/h8-11,13,15-16,19,21H,2-7H2,1H3. The molecule has 3 aliphatic rings. The Morgan fingerprint density at radius 2 is 1.88 bits per heavy atom. The number of fused-ring (bicyclic) bond motifs is 3. The van der Waals surface area contributed by atoms with Gasteiger partial charge in [0.1, 0.15) is 12.0 Å². The zero-order valence-electron chi connectivity index (χ0n) is 17.8. The predicted octanol–water partition coefficient (Wildman–Crippen LogP) is 4.19. The normalized spacial score (nSPS) is 25.1. The Balaban J connectivity index is 1.38. The van der Waals surface area contributed by atoms with Crippen LogP contribution in [0.4, 0.5) is 8.78 Å². The molecular weight excluding hydrogens is 414 g/mol. The fourth-order valence-electron chi connectivity index (χ4n) is 5.60. The predicted molar refractivity (Wildman–Crippen MR) is 112 cm³/mol. The topological polar surface area (TPSA) is 76.3 Å². The van der Waals surface area contributed by atoms with E-state index in [4.69, 9.17) is 0 Å². The highest BCUT2D eigenvalue weighted by molar-refractivity contribution is 5.95. The number of amides is 1. The lowest BCUT2D eigenvalue weighted by molar-refractivity contribution is 0.0553. The monoisotopic (exact) mass is 438 g/mol. The second-order valence-corrected chi connectivity index (χ2v) is 9.27. The van der Waals surface area contributed by atoms with E-state index in [1.54, 1.807) is 4.52 Å². The average molecular weight is 438 g/mol. The zero-order valence-corrected chi connectivity index (χ0v) is 17.8. The number of halogens is 2. The van der Waals surface area contributed by atoms with Crippen molar-refractivity contribution in [3.8, 4) is 0 Å². The van der Waals surface area contributed by atoms with E-state index >= 15 is 0 Å². The van der Waals surface area contributed by atoms with E-state index in [0.29, 0.717) is 17.2 Å². The molecule has 32 heavy (non-hydrogen) atoms. The number of hydrogen-bond donors (Lipinski definition) is 0. The lowest BCUT2D eigenvalue weighted by atomic mass is 9.86. The van der Waals surface area contributed by atoms with E-state index in [1.165, 1.54) is 12.4 Å². The van der Waals surface area contributed by atoms with Gasteiger partial charge in [-0.2, -0.15) is 10.1 Å². The maximum Gasteiger partial charge on any atom is 0.280 e. The Kier molecular flexibility index (Phi) is 4.48. The summed E-state index contributed by atoms with van der Waals surface area (Å²) < 4.78 is 28.6. The van der Waals surface area contributed by atoms with E-state index in [1.807, 2.05) is 24.0 Å². The number of nitrogens with zero attached hydrogens (tertiary/aromatic N) is 6. The van der Waals surface area contributed by atoms with Crippen LogP contribution in [0, 0.1) is 6.92 Å². The second kappa shape index (κ2) is 7.28. The number of aromatic nitrogens is 5. The molecule has 1 amide bonds. The summed E-state index contributed by atoms with van der Waals surface area (Å²) in [5.74, 6) is 0.577. The van der Waals surface area contributed by atoms with Gasteiger partial charge in [-0.3, -0.25) is 9.78 Å². The third kappa shape index (κ3) is 3.17. The Morgan fingerprint density at radius 1 is 1.06 bits per heavy atom. The molecule has 2 saturated heterocycles. The van der Waals surface area contributed by atoms with Crippen LogP contribution in [0.3, 0.4) is 0 Å². The smallest absolute Gasteiger partial charge is 0.280 e. The molecule has 3 aromatic heterocycles. The van der Waals surface area contributed by atoms with Crippen LogP contribution >= 0.6 is 0 Å². The van der Waals surface area contributed by atoms with Crippen molar-refractivity contribution in [3.05, 3.63) is 52.9 Å². The zero-order chi connectivity index (χ0) is 22.0. The first-order valence-electron chi connectivity index (χ1n) is 11.3. The van der Waals surface area contributed by atoms with Gasteiger partial charge in [-0.15, -0.1) is 0 Å². The molecule has 5 heterocycles. The number of pyridine rings is 1. The minimum Gasteiger partial charge on any atom is -0.332 e. The van der Waals surface area contributed by atoms with Gasteiger partial charge in [-0.1, -0.05) is 0 Å². The molecule has 3 fully saturated rings. The van der Waals surface area contributed by atoms with Crippen molar-refractivity contribution in [3.63, 3.8) is 0 Å². The van der Waals surface area contributed by atoms with Crippen molar-refractivity contribution < 1.29 is 13.6 Å². The number of aryl methyl sites for hydroxylation is 1. The molecule has 2 bridgehead atoms. The summed E-state index contributed by atoms with van der Waals surface area (Å²) in [4.78, 5) is 28.3. The van der Waals surface area contributed by atoms with Crippen molar-refractivity contribution >= 4 is 11.7 Å². The first-order chi connectivity index (χ1) is 15.5. The van der Waals surface area contributed by atoms with Crippen LogP contribution < -0.4 is 0 Å². The minimum atomic E-state index is -2.69. The van der Waals surface area contributed by atoms with E-state index in [-0.39, 0.29) is 35.4 Å². The van der Waals surface area contributed by atoms with Crippen LogP contribution in [0.2, 0.25) is 0 Å². The minimum absolute atomic E-state index is 0.0209. The van der Waals surface area contributed by atoms with Gasteiger partial charge in [-0.25, -0.2) is 18.3 Å². The van der Waals surface area contributed by atoms with Gasteiger partial charge in [0.05, 0.1) is 5.69 Å². The van der Waals surface area contributed by atoms with E-state index in [0.717, 1.165) is 49.9 Å². The van der Waals surface area contributed by atoms with E-state index in [9.17, 15) is 13.6 Å². The molecule has 2 aliphatic heterocycles. The Hall–Kier alpha value is -2.97. The van der Waals surface area contributed by atoms with Crippen molar-refractivity contribution in [1.82, 2.24) is 29.5 Å². The fraction of sp³-hybridized carbons (Fsp3) is 0.522. The molecule has 0 radical (unpaired) electrons. The van der Waals surface area contributed by atoms with Gasteiger partial charge in [0.25, 0.3) is 18.1 Å².